The van der Waals surface area contributed by atoms with Crippen molar-refractivity contribution in [2.45, 2.75) is 26.9 Å². The zero-order valence-electron chi connectivity index (χ0n) is 15.0. The maximum absolute atomic E-state index is 11.9. The van der Waals surface area contributed by atoms with Crippen molar-refractivity contribution in [3.63, 3.8) is 0 Å². The SMILES string of the molecule is CC[NH+](CC)CCn1c(NCc2ccccc2[O-])nc2ccccc21. The van der Waals surface area contributed by atoms with E-state index in [9.17, 15) is 5.11 Å². The molecule has 0 fully saturated rings. The number of hydrogen-bond acceptors (Lipinski definition) is 3. The van der Waals surface area contributed by atoms with Crippen molar-refractivity contribution >= 4 is 17.0 Å². The van der Waals surface area contributed by atoms with E-state index in [2.05, 4.69) is 29.8 Å². The molecule has 0 radical (unpaired) electrons. The highest BCUT2D eigenvalue weighted by Gasteiger charge is 2.12. The van der Waals surface area contributed by atoms with Crippen LogP contribution < -0.4 is 15.3 Å². The Bertz CT molecular complexity index is 823. The predicted octanol–water partition coefficient (Wildman–Crippen LogP) is 1.65. The Labute approximate surface area is 148 Å². The van der Waals surface area contributed by atoms with Gasteiger partial charge in [-0.1, -0.05) is 36.4 Å². The van der Waals surface area contributed by atoms with Crippen LogP contribution in [0.1, 0.15) is 19.4 Å². The molecule has 5 nitrogen and oxygen atoms in total. The first-order valence-corrected chi connectivity index (χ1v) is 9.00. The van der Waals surface area contributed by atoms with Gasteiger partial charge in [0, 0.05) is 6.54 Å². The topological polar surface area (TPSA) is 57.3 Å². The lowest BCUT2D eigenvalue weighted by molar-refractivity contribution is -0.897. The molecule has 0 spiro atoms. The summed E-state index contributed by atoms with van der Waals surface area (Å²) in [5.74, 6) is 0.890. The smallest absolute Gasteiger partial charge is 0.204 e. The summed E-state index contributed by atoms with van der Waals surface area (Å²) in [4.78, 5) is 6.29. The van der Waals surface area contributed by atoms with Crippen LogP contribution in [-0.4, -0.2) is 29.2 Å². The Balaban J connectivity index is 1.83. The zero-order chi connectivity index (χ0) is 17.6. The summed E-state index contributed by atoms with van der Waals surface area (Å²) < 4.78 is 2.23. The highest BCUT2D eigenvalue weighted by atomic mass is 16.3. The molecule has 25 heavy (non-hydrogen) atoms. The van der Waals surface area contributed by atoms with Crippen molar-refractivity contribution in [1.29, 1.82) is 0 Å². The molecule has 3 rings (SSSR count). The first kappa shape index (κ1) is 17.3. The van der Waals surface area contributed by atoms with Crippen LogP contribution in [0.2, 0.25) is 0 Å². The number of likely N-dealkylation sites (N-methyl/N-ethyl adjacent to an activating group) is 1. The van der Waals surface area contributed by atoms with Crippen LogP contribution in [-0.2, 0) is 13.1 Å². The molecule has 3 aromatic rings. The normalized spacial score (nSPS) is 11.3. The Kier molecular flexibility index (Phi) is 5.56. The molecular formula is C20H26N4O. The van der Waals surface area contributed by atoms with Gasteiger partial charge in [-0.2, -0.15) is 0 Å². The van der Waals surface area contributed by atoms with Gasteiger partial charge in [0.2, 0.25) is 5.95 Å². The molecule has 132 valence electrons. The minimum atomic E-state index is 0.0604. The van der Waals surface area contributed by atoms with Gasteiger partial charge in [-0.25, -0.2) is 4.98 Å². The number of para-hydroxylation sites is 3. The number of imidazole rings is 1. The van der Waals surface area contributed by atoms with Crippen LogP contribution >= 0.6 is 0 Å². The maximum atomic E-state index is 11.9. The van der Waals surface area contributed by atoms with Crippen molar-refractivity contribution in [2.75, 3.05) is 25.0 Å². The molecule has 0 aliphatic carbocycles. The van der Waals surface area contributed by atoms with E-state index in [4.69, 9.17) is 4.98 Å². The first-order chi connectivity index (χ1) is 12.2. The highest BCUT2D eigenvalue weighted by molar-refractivity contribution is 5.78. The second-order valence-electron chi connectivity index (χ2n) is 6.24. The number of fused-ring (bicyclic) bond motifs is 1. The van der Waals surface area contributed by atoms with Gasteiger partial charge >= 0.3 is 0 Å². The average Bonchev–Trinajstić information content (AvgIpc) is 2.99. The molecule has 1 aromatic heterocycles. The summed E-state index contributed by atoms with van der Waals surface area (Å²) in [5, 5.41) is 15.3. The van der Waals surface area contributed by atoms with Crippen molar-refractivity contribution < 1.29 is 10.0 Å². The van der Waals surface area contributed by atoms with Gasteiger partial charge in [-0.15, -0.1) is 5.75 Å². The van der Waals surface area contributed by atoms with Crippen LogP contribution in [0, 0.1) is 0 Å². The quantitative estimate of drug-likeness (QED) is 0.657. The van der Waals surface area contributed by atoms with Gasteiger partial charge in [0.15, 0.2) is 0 Å². The molecule has 0 saturated carbocycles. The number of nitrogens with zero attached hydrogens (tertiary/aromatic N) is 2. The molecule has 0 saturated heterocycles. The second kappa shape index (κ2) is 8.03. The monoisotopic (exact) mass is 338 g/mol. The Morgan fingerprint density at radius 2 is 1.76 bits per heavy atom. The van der Waals surface area contributed by atoms with E-state index in [1.807, 2.05) is 30.3 Å². The van der Waals surface area contributed by atoms with Crippen LogP contribution in [0.25, 0.3) is 11.0 Å². The van der Waals surface area contributed by atoms with E-state index < -0.39 is 0 Å². The molecule has 1 heterocycles. The fraction of sp³-hybridized carbons (Fsp3) is 0.350. The van der Waals surface area contributed by atoms with Crippen LogP contribution in [0.5, 0.6) is 5.75 Å². The molecule has 0 unspecified atom stereocenters. The van der Waals surface area contributed by atoms with Gasteiger partial charge in [0.25, 0.3) is 0 Å². The van der Waals surface area contributed by atoms with Crippen LogP contribution in [0.15, 0.2) is 48.5 Å². The molecule has 2 aromatic carbocycles. The number of benzene rings is 2. The number of nitrogens with one attached hydrogen (secondary N) is 2. The molecule has 5 heteroatoms. The highest BCUT2D eigenvalue weighted by Crippen LogP contribution is 2.21. The second-order valence-corrected chi connectivity index (χ2v) is 6.24. The number of rotatable bonds is 8. The Morgan fingerprint density at radius 1 is 1.04 bits per heavy atom. The predicted molar refractivity (Wildman–Crippen MR) is 99.9 cm³/mol. The van der Waals surface area contributed by atoms with Gasteiger partial charge < -0.3 is 19.9 Å². The van der Waals surface area contributed by atoms with E-state index in [0.717, 1.165) is 48.7 Å². The molecule has 0 aliphatic rings. The summed E-state index contributed by atoms with van der Waals surface area (Å²) >= 11 is 0. The number of aromatic nitrogens is 2. The van der Waals surface area contributed by atoms with Crippen molar-refractivity contribution in [3.05, 3.63) is 54.1 Å². The number of quaternary nitrogens is 1. The fourth-order valence-corrected chi connectivity index (χ4v) is 3.13. The van der Waals surface area contributed by atoms with Crippen molar-refractivity contribution in [3.8, 4) is 5.75 Å². The molecule has 0 bridgehead atoms. The van der Waals surface area contributed by atoms with E-state index in [1.54, 1.807) is 17.0 Å². The van der Waals surface area contributed by atoms with Crippen molar-refractivity contribution in [1.82, 2.24) is 9.55 Å². The van der Waals surface area contributed by atoms with Gasteiger partial charge in [-0.05, 0) is 31.5 Å². The minimum absolute atomic E-state index is 0.0604. The van der Waals surface area contributed by atoms with E-state index in [-0.39, 0.29) is 5.75 Å². The molecule has 0 amide bonds. The van der Waals surface area contributed by atoms with Crippen molar-refractivity contribution in [2.24, 2.45) is 0 Å². The third-order valence-corrected chi connectivity index (χ3v) is 4.75. The molecule has 0 aliphatic heterocycles. The summed E-state index contributed by atoms with van der Waals surface area (Å²) in [6.07, 6.45) is 0. The number of anilines is 1. The van der Waals surface area contributed by atoms with Gasteiger partial charge in [0.1, 0.15) is 0 Å². The van der Waals surface area contributed by atoms with E-state index >= 15 is 0 Å². The van der Waals surface area contributed by atoms with Gasteiger partial charge in [0.05, 0.1) is 37.2 Å². The van der Waals surface area contributed by atoms with E-state index in [0.29, 0.717) is 6.54 Å². The first-order valence-electron chi connectivity index (χ1n) is 9.00. The van der Waals surface area contributed by atoms with Gasteiger partial charge in [-0.3, -0.25) is 0 Å². The molecule has 2 N–H and O–H groups in total. The summed E-state index contributed by atoms with van der Waals surface area (Å²) in [7, 11) is 0. The lowest BCUT2D eigenvalue weighted by Gasteiger charge is -2.18. The summed E-state index contributed by atoms with van der Waals surface area (Å²) in [6, 6.07) is 15.3. The lowest BCUT2D eigenvalue weighted by atomic mass is 10.2. The zero-order valence-corrected chi connectivity index (χ0v) is 15.0. The maximum Gasteiger partial charge on any atom is 0.204 e. The van der Waals surface area contributed by atoms with Crippen LogP contribution in [0.4, 0.5) is 5.95 Å². The summed E-state index contributed by atoms with van der Waals surface area (Å²) in [6.45, 7) is 9.12. The van der Waals surface area contributed by atoms with Crippen LogP contribution in [0.3, 0.4) is 0 Å². The fourth-order valence-electron chi connectivity index (χ4n) is 3.13. The average molecular weight is 338 g/mol. The largest absolute Gasteiger partial charge is 0.872 e. The third kappa shape index (κ3) is 3.94. The summed E-state index contributed by atoms with van der Waals surface area (Å²) in [5.41, 5.74) is 2.87. The van der Waals surface area contributed by atoms with E-state index in [1.165, 1.54) is 0 Å². The molecular weight excluding hydrogens is 312 g/mol. The number of hydrogen-bond donors (Lipinski definition) is 2. The minimum Gasteiger partial charge on any atom is -0.872 e. The Hall–Kier alpha value is -2.53. The molecule has 0 atom stereocenters. The third-order valence-electron chi connectivity index (χ3n) is 4.75. The lowest BCUT2D eigenvalue weighted by Crippen LogP contribution is -3.11. The Morgan fingerprint density at radius 3 is 2.52 bits per heavy atom. The standard InChI is InChI=1S/C20H26N4O/c1-3-23(4-2)13-14-24-18-11-7-6-10-17(18)22-20(24)21-15-16-9-5-8-12-19(16)25/h5-12,25H,3-4,13-15H2,1-2H3,(H,21,22).